The average molecular weight is 437 g/mol. The number of imidazole rings is 1. The summed E-state index contributed by atoms with van der Waals surface area (Å²) >= 11 is 0. The van der Waals surface area contributed by atoms with Gasteiger partial charge in [0.15, 0.2) is 28.7 Å². The Morgan fingerprint density at radius 2 is 2.16 bits per heavy atom. The van der Waals surface area contributed by atoms with E-state index in [0.29, 0.717) is 0 Å². The summed E-state index contributed by atoms with van der Waals surface area (Å²) in [5, 5.41) is 12.1. The summed E-state index contributed by atoms with van der Waals surface area (Å²) in [5.41, 5.74) is -1.63. The molecule has 0 radical (unpaired) electrons. The summed E-state index contributed by atoms with van der Waals surface area (Å²) in [6.45, 7) is 2.73. The van der Waals surface area contributed by atoms with E-state index >= 15 is 0 Å². The quantitative estimate of drug-likeness (QED) is 0.386. The summed E-state index contributed by atoms with van der Waals surface area (Å²) in [6, 6.07) is 0. The molecule has 2 N–H and O–H groups in total. The van der Waals surface area contributed by atoms with Gasteiger partial charge in [-0.05, 0) is 13.8 Å². The molecule has 166 valence electrons. The Morgan fingerprint density at radius 3 is 2.81 bits per heavy atom. The lowest BCUT2D eigenvalue weighted by atomic mass is 9.99. The molecule has 1 saturated heterocycles. The molecule has 0 bridgehead atoms. The maximum atomic E-state index is 14.0. The maximum Gasteiger partial charge on any atom is 0.508 e. The van der Waals surface area contributed by atoms with E-state index in [-0.39, 0.29) is 36.6 Å². The van der Waals surface area contributed by atoms with Gasteiger partial charge in [-0.2, -0.15) is 14.4 Å². The minimum absolute atomic E-state index is 0.0126. The first-order valence-electron chi connectivity index (χ1n) is 9.31. The van der Waals surface area contributed by atoms with Crippen molar-refractivity contribution >= 4 is 29.2 Å². The van der Waals surface area contributed by atoms with Crippen LogP contribution in [0, 0.1) is 18.4 Å². The molecule has 13 heteroatoms. The Kier molecular flexibility index (Phi) is 6.52. The summed E-state index contributed by atoms with van der Waals surface area (Å²) < 4.78 is 35.9. The number of carbonyl (C=O) groups is 2. The van der Waals surface area contributed by atoms with Crippen molar-refractivity contribution < 1.29 is 38.0 Å². The van der Waals surface area contributed by atoms with Gasteiger partial charge < -0.3 is 24.1 Å². The zero-order valence-electron chi connectivity index (χ0n) is 16.7. The van der Waals surface area contributed by atoms with E-state index in [1.165, 1.54) is 10.9 Å². The summed E-state index contributed by atoms with van der Waals surface area (Å²) in [5.74, 6) is 2.10. The Labute approximate surface area is 175 Å². The van der Waals surface area contributed by atoms with E-state index in [0.717, 1.165) is 0 Å². The third-order valence-electron chi connectivity index (χ3n) is 4.46. The number of fused-ring (bicyclic) bond motifs is 1. The van der Waals surface area contributed by atoms with Crippen molar-refractivity contribution in [2.24, 2.45) is 0 Å². The summed E-state index contributed by atoms with van der Waals surface area (Å²) in [6.07, 6.45) is 1.84. The number of rotatable bonds is 6. The van der Waals surface area contributed by atoms with Crippen molar-refractivity contribution in [2.75, 3.05) is 25.1 Å². The van der Waals surface area contributed by atoms with Gasteiger partial charge in [0.2, 0.25) is 0 Å². The highest BCUT2D eigenvalue weighted by Crippen LogP contribution is 2.39. The van der Waals surface area contributed by atoms with E-state index < -0.39 is 42.9 Å². The third kappa shape index (κ3) is 4.35. The van der Waals surface area contributed by atoms with Crippen LogP contribution < -0.4 is 5.32 Å². The zero-order valence-corrected chi connectivity index (χ0v) is 16.7. The Bertz CT molecular complexity index is 1020. The molecule has 0 aliphatic carbocycles. The fourth-order valence-electron chi connectivity index (χ4n) is 3.09. The number of nitrogens with zero attached hydrogens (tertiary/aromatic N) is 4. The molecule has 1 aliphatic rings. The highest BCUT2D eigenvalue weighted by atomic mass is 19.1. The molecular weight excluding hydrogens is 417 g/mol. The number of aromatic nitrogens is 4. The normalized spacial score (nSPS) is 22.7. The SMILES string of the molecule is C#C[C@]1(CO)O[C@@H](n2cnc3c(NC(=O)OCC)nc(F)nc32)C[C@@H]1OC(=O)OCC. The molecule has 1 fully saturated rings. The fourth-order valence-corrected chi connectivity index (χ4v) is 3.09. The van der Waals surface area contributed by atoms with Crippen molar-refractivity contribution in [1.82, 2.24) is 19.5 Å². The first-order chi connectivity index (χ1) is 14.9. The molecule has 0 spiro atoms. The van der Waals surface area contributed by atoms with Crippen LogP contribution in [-0.2, 0) is 18.9 Å². The van der Waals surface area contributed by atoms with Crippen LogP contribution in [0.5, 0.6) is 0 Å². The Balaban J connectivity index is 1.94. The van der Waals surface area contributed by atoms with Gasteiger partial charge in [0, 0.05) is 6.42 Å². The second-order valence-corrected chi connectivity index (χ2v) is 6.30. The lowest BCUT2D eigenvalue weighted by molar-refractivity contribution is -0.0973. The van der Waals surface area contributed by atoms with Crippen LogP contribution in [0.15, 0.2) is 6.33 Å². The first-order valence-corrected chi connectivity index (χ1v) is 9.31. The smallest absolute Gasteiger partial charge is 0.450 e. The number of halogens is 1. The van der Waals surface area contributed by atoms with Crippen LogP contribution in [-0.4, -0.2) is 68.4 Å². The van der Waals surface area contributed by atoms with Crippen molar-refractivity contribution in [1.29, 1.82) is 0 Å². The van der Waals surface area contributed by atoms with Crippen LogP contribution in [0.3, 0.4) is 0 Å². The van der Waals surface area contributed by atoms with E-state index in [4.69, 9.17) is 25.4 Å². The average Bonchev–Trinajstić information content (AvgIpc) is 3.30. The number of ether oxygens (including phenoxy) is 4. The number of hydrogen-bond donors (Lipinski definition) is 2. The molecule has 3 heterocycles. The number of nitrogens with one attached hydrogen (secondary N) is 1. The maximum absolute atomic E-state index is 14.0. The Hall–Kier alpha value is -3.50. The van der Waals surface area contributed by atoms with E-state index in [1.54, 1.807) is 13.8 Å². The standard InChI is InChI=1S/C18H20FN5O7/c1-4-18(8-25)10(30-17(27)29-6-3)7-11(31-18)24-9-20-12-13(22-16(26)28-5-2)21-15(19)23-14(12)24/h1,9-11,25H,5-8H2,2-3H3,(H,21,22,23,26)/t10-,11+,18+/m0/s1. The molecule has 3 atom stereocenters. The number of carbonyl (C=O) groups excluding carboxylic acids is 2. The zero-order chi connectivity index (χ0) is 22.6. The van der Waals surface area contributed by atoms with Crippen LogP contribution in [0.4, 0.5) is 19.8 Å². The van der Waals surface area contributed by atoms with E-state index in [1.807, 2.05) is 0 Å². The highest BCUT2D eigenvalue weighted by molar-refractivity contribution is 5.93. The minimum Gasteiger partial charge on any atom is -0.450 e. The molecule has 0 aromatic carbocycles. The molecule has 1 aliphatic heterocycles. The number of amides is 1. The topological polar surface area (TPSA) is 147 Å². The van der Waals surface area contributed by atoms with Crippen LogP contribution >= 0.6 is 0 Å². The molecule has 31 heavy (non-hydrogen) atoms. The third-order valence-corrected chi connectivity index (χ3v) is 4.46. The number of terminal acetylenes is 1. The molecule has 2 aromatic heterocycles. The van der Waals surface area contributed by atoms with Crippen molar-refractivity contribution in [3.05, 3.63) is 12.4 Å². The second kappa shape index (κ2) is 9.11. The number of aliphatic hydroxyl groups excluding tert-OH is 1. The second-order valence-electron chi connectivity index (χ2n) is 6.30. The largest absolute Gasteiger partial charge is 0.508 e. The fraction of sp³-hybridized carbons (Fsp3) is 0.500. The summed E-state index contributed by atoms with van der Waals surface area (Å²) in [7, 11) is 0. The highest BCUT2D eigenvalue weighted by Gasteiger charge is 2.51. The number of aliphatic hydroxyl groups is 1. The van der Waals surface area contributed by atoms with Crippen molar-refractivity contribution in [3.63, 3.8) is 0 Å². The van der Waals surface area contributed by atoms with Gasteiger partial charge in [-0.25, -0.2) is 14.6 Å². The van der Waals surface area contributed by atoms with E-state index in [9.17, 15) is 19.1 Å². The van der Waals surface area contributed by atoms with Crippen LogP contribution in [0.1, 0.15) is 26.5 Å². The molecule has 3 rings (SSSR count). The first kappa shape index (κ1) is 22.2. The lowest BCUT2D eigenvalue weighted by Gasteiger charge is -2.26. The predicted molar refractivity (Wildman–Crippen MR) is 101 cm³/mol. The summed E-state index contributed by atoms with van der Waals surface area (Å²) in [4.78, 5) is 34.8. The number of anilines is 1. The molecule has 12 nitrogen and oxygen atoms in total. The van der Waals surface area contributed by atoms with Crippen molar-refractivity contribution in [3.8, 4) is 12.3 Å². The lowest BCUT2D eigenvalue weighted by Crippen LogP contribution is -2.44. The van der Waals surface area contributed by atoms with Gasteiger partial charge in [0.25, 0.3) is 0 Å². The molecule has 0 saturated carbocycles. The molecule has 0 unspecified atom stereocenters. The van der Waals surface area contributed by atoms with Gasteiger partial charge in [-0.1, -0.05) is 5.92 Å². The van der Waals surface area contributed by atoms with Crippen LogP contribution in [0.2, 0.25) is 0 Å². The van der Waals surface area contributed by atoms with Gasteiger partial charge in [-0.15, -0.1) is 6.42 Å². The van der Waals surface area contributed by atoms with E-state index in [2.05, 4.69) is 26.2 Å². The monoisotopic (exact) mass is 437 g/mol. The molecule has 1 amide bonds. The minimum atomic E-state index is -1.66. The van der Waals surface area contributed by atoms with Gasteiger partial charge in [0.1, 0.15) is 6.23 Å². The van der Waals surface area contributed by atoms with Crippen LogP contribution in [0.25, 0.3) is 11.2 Å². The van der Waals surface area contributed by atoms with Gasteiger partial charge in [-0.3, -0.25) is 9.88 Å². The molecule has 2 aromatic rings. The number of hydrogen-bond acceptors (Lipinski definition) is 10. The predicted octanol–water partition coefficient (Wildman–Crippen LogP) is 1.36. The van der Waals surface area contributed by atoms with Gasteiger partial charge in [0.05, 0.1) is 26.1 Å². The molecular formula is C18H20FN5O7. The van der Waals surface area contributed by atoms with Crippen molar-refractivity contribution in [2.45, 2.75) is 38.2 Å². The van der Waals surface area contributed by atoms with Gasteiger partial charge >= 0.3 is 18.3 Å². The Morgan fingerprint density at radius 1 is 1.42 bits per heavy atom.